The first-order chi connectivity index (χ1) is 19.7. The summed E-state index contributed by atoms with van der Waals surface area (Å²) in [6, 6.07) is 21.9. The van der Waals surface area contributed by atoms with Gasteiger partial charge in [-0.3, -0.25) is 13.9 Å². The summed E-state index contributed by atoms with van der Waals surface area (Å²) >= 11 is 0. The van der Waals surface area contributed by atoms with Crippen molar-refractivity contribution in [3.05, 3.63) is 90.0 Å². The van der Waals surface area contributed by atoms with Crippen molar-refractivity contribution in [2.45, 2.75) is 69.5 Å². The number of carbonyl (C=O) groups excluding carboxylic acids is 2. The zero-order valence-electron chi connectivity index (χ0n) is 24.0. The van der Waals surface area contributed by atoms with E-state index in [0.29, 0.717) is 17.9 Å². The summed E-state index contributed by atoms with van der Waals surface area (Å²) in [7, 11) is -2.64. The standard InChI is InChI=1S/C32H39N3O5S/c1-4-30(32(37)33-26-13-8-9-14-26)34(22-25-11-6-5-7-12-25)31(36)23-35(27-15-10-16-28(21-27)40-3)41(38,39)29-19-17-24(2)18-20-29/h5-7,10-12,15-21,26,30H,4,8-9,13-14,22-23H2,1-3H3,(H,33,37). The van der Waals surface area contributed by atoms with E-state index in [0.717, 1.165) is 41.1 Å². The molecule has 0 radical (unpaired) electrons. The van der Waals surface area contributed by atoms with Crippen LogP contribution in [-0.2, 0) is 26.2 Å². The Morgan fingerprint density at radius 1 is 0.976 bits per heavy atom. The molecular formula is C32H39N3O5S. The number of nitrogens with one attached hydrogen (secondary N) is 1. The third-order valence-corrected chi connectivity index (χ3v) is 9.30. The van der Waals surface area contributed by atoms with Gasteiger partial charge < -0.3 is 15.0 Å². The molecule has 1 fully saturated rings. The summed E-state index contributed by atoms with van der Waals surface area (Å²) in [5, 5.41) is 3.13. The van der Waals surface area contributed by atoms with Gasteiger partial charge in [0.25, 0.3) is 10.0 Å². The number of ether oxygens (including phenoxy) is 1. The van der Waals surface area contributed by atoms with Crippen molar-refractivity contribution in [1.82, 2.24) is 10.2 Å². The lowest BCUT2D eigenvalue weighted by Gasteiger charge is -2.33. The zero-order valence-corrected chi connectivity index (χ0v) is 24.8. The van der Waals surface area contributed by atoms with Crippen molar-refractivity contribution in [1.29, 1.82) is 0 Å². The van der Waals surface area contributed by atoms with Crippen LogP contribution in [0.25, 0.3) is 0 Å². The minimum atomic E-state index is -4.14. The largest absolute Gasteiger partial charge is 0.497 e. The van der Waals surface area contributed by atoms with Gasteiger partial charge in [0.1, 0.15) is 18.3 Å². The van der Waals surface area contributed by atoms with E-state index in [9.17, 15) is 18.0 Å². The fraction of sp³-hybridized carbons (Fsp3) is 0.375. The van der Waals surface area contributed by atoms with Crippen LogP contribution in [0, 0.1) is 6.92 Å². The molecule has 0 spiro atoms. The van der Waals surface area contributed by atoms with E-state index in [-0.39, 0.29) is 23.4 Å². The second-order valence-corrected chi connectivity index (χ2v) is 12.3. The Balaban J connectivity index is 1.71. The highest BCUT2D eigenvalue weighted by molar-refractivity contribution is 7.92. The number of carbonyl (C=O) groups is 2. The highest BCUT2D eigenvalue weighted by atomic mass is 32.2. The number of hydrogen-bond acceptors (Lipinski definition) is 5. The van der Waals surface area contributed by atoms with Crippen molar-refractivity contribution >= 4 is 27.5 Å². The number of methoxy groups -OCH3 is 1. The topological polar surface area (TPSA) is 96.0 Å². The second kappa shape index (κ2) is 13.7. The molecule has 1 atom stereocenters. The Labute approximate surface area is 243 Å². The first kappa shape index (κ1) is 30.1. The fourth-order valence-electron chi connectivity index (χ4n) is 5.20. The van der Waals surface area contributed by atoms with Crippen LogP contribution in [0.1, 0.15) is 50.2 Å². The zero-order chi connectivity index (χ0) is 29.4. The van der Waals surface area contributed by atoms with Gasteiger partial charge in [-0.2, -0.15) is 0 Å². The summed E-state index contributed by atoms with van der Waals surface area (Å²) in [6.45, 7) is 3.44. The molecule has 1 saturated carbocycles. The Morgan fingerprint density at radius 2 is 1.66 bits per heavy atom. The van der Waals surface area contributed by atoms with Crippen LogP contribution < -0.4 is 14.4 Å². The van der Waals surface area contributed by atoms with Crippen LogP contribution >= 0.6 is 0 Å². The maximum atomic E-state index is 14.2. The molecule has 2 amide bonds. The first-order valence-corrected chi connectivity index (χ1v) is 15.5. The van der Waals surface area contributed by atoms with Crippen LogP contribution in [0.15, 0.2) is 83.8 Å². The van der Waals surface area contributed by atoms with Gasteiger partial charge in [0, 0.05) is 18.7 Å². The minimum Gasteiger partial charge on any atom is -0.497 e. The number of nitrogens with zero attached hydrogens (tertiary/aromatic N) is 2. The van der Waals surface area contributed by atoms with E-state index in [1.807, 2.05) is 44.2 Å². The average Bonchev–Trinajstić information content (AvgIpc) is 3.49. The van der Waals surface area contributed by atoms with E-state index in [1.54, 1.807) is 36.4 Å². The third kappa shape index (κ3) is 7.47. The molecule has 0 bridgehead atoms. The molecule has 1 aliphatic carbocycles. The van der Waals surface area contributed by atoms with Crippen LogP contribution in [0.5, 0.6) is 5.75 Å². The van der Waals surface area contributed by atoms with Gasteiger partial charge in [0.15, 0.2) is 0 Å². The lowest BCUT2D eigenvalue weighted by molar-refractivity contribution is -0.140. The Bertz CT molecular complexity index is 1420. The summed E-state index contributed by atoms with van der Waals surface area (Å²) in [4.78, 5) is 29.3. The van der Waals surface area contributed by atoms with Crippen molar-refractivity contribution in [2.24, 2.45) is 0 Å². The molecule has 9 heteroatoms. The lowest BCUT2D eigenvalue weighted by Crippen LogP contribution is -2.53. The number of amides is 2. The smallest absolute Gasteiger partial charge is 0.264 e. The van der Waals surface area contributed by atoms with Gasteiger partial charge >= 0.3 is 0 Å². The van der Waals surface area contributed by atoms with Crippen molar-refractivity contribution in [3.63, 3.8) is 0 Å². The highest BCUT2D eigenvalue weighted by Crippen LogP contribution is 2.28. The quantitative estimate of drug-likeness (QED) is 0.325. The molecule has 41 heavy (non-hydrogen) atoms. The molecule has 0 heterocycles. The fourth-order valence-corrected chi connectivity index (χ4v) is 6.60. The summed E-state index contributed by atoms with van der Waals surface area (Å²) < 4.78 is 34.4. The van der Waals surface area contributed by atoms with Crippen LogP contribution in [0.2, 0.25) is 0 Å². The van der Waals surface area contributed by atoms with E-state index >= 15 is 0 Å². The third-order valence-electron chi connectivity index (χ3n) is 7.51. The van der Waals surface area contributed by atoms with Crippen molar-refractivity contribution < 1.29 is 22.7 Å². The van der Waals surface area contributed by atoms with Gasteiger partial charge in [-0.05, 0) is 56.0 Å². The molecule has 4 rings (SSSR count). The molecule has 0 saturated heterocycles. The molecule has 0 aromatic heterocycles. The van der Waals surface area contributed by atoms with E-state index in [4.69, 9.17) is 4.74 Å². The Hall–Kier alpha value is -3.85. The molecular weight excluding hydrogens is 538 g/mol. The number of anilines is 1. The number of rotatable bonds is 12. The molecule has 0 aliphatic heterocycles. The predicted molar refractivity (Wildman–Crippen MR) is 160 cm³/mol. The molecule has 8 nitrogen and oxygen atoms in total. The Morgan fingerprint density at radius 3 is 2.29 bits per heavy atom. The predicted octanol–water partition coefficient (Wildman–Crippen LogP) is 5.07. The molecule has 3 aromatic carbocycles. The van der Waals surface area contributed by atoms with Crippen molar-refractivity contribution in [2.75, 3.05) is 18.0 Å². The first-order valence-electron chi connectivity index (χ1n) is 14.1. The number of benzene rings is 3. The van der Waals surface area contributed by atoms with Crippen LogP contribution in [0.4, 0.5) is 5.69 Å². The van der Waals surface area contributed by atoms with E-state index < -0.39 is 28.5 Å². The number of hydrogen-bond donors (Lipinski definition) is 1. The van der Waals surface area contributed by atoms with Crippen LogP contribution in [-0.4, -0.2) is 50.9 Å². The maximum absolute atomic E-state index is 14.2. The van der Waals surface area contributed by atoms with E-state index in [2.05, 4.69) is 5.32 Å². The molecule has 3 aromatic rings. The highest BCUT2D eigenvalue weighted by Gasteiger charge is 2.34. The van der Waals surface area contributed by atoms with Crippen molar-refractivity contribution in [3.8, 4) is 5.75 Å². The summed E-state index contributed by atoms with van der Waals surface area (Å²) in [5.74, 6) is -0.221. The molecule has 1 N–H and O–H groups in total. The normalized spacial score (nSPS) is 14.3. The lowest BCUT2D eigenvalue weighted by atomic mass is 10.1. The van der Waals surface area contributed by atoms with Gasteiger partial charge in [-0.25, -0.2) is 8.42 Å². The molecule has 218 valence electrons. The average molecular weight is 578 g/mol. The SMILES string of the molecule is CCC(C(=O)NC1CCCC1)N(Cc1ccccc1)C(=O)CN(c1cccc(OC)c1)S(=O)(=O)c1ccc(C)cc1. The van der Waals surface area contributed by atoms with Gasteiger partial charge in [0.05, 0.1) is 17.7 Å². The molecule has 1 aliphatic rings. The van der Waals surface area contributed by atoms with E-state index in [1.165, 1.54) is 24.1 Å². The Kier molecular flexibility index (Phi) is 10.0. The summed E-state index contributed by atoms with van der Waals surface area (Å²) in [5.41, 5.74) is 2.06. The molecule has 1 unspecified atom stereocenters. The monoisotopic (exact) mass is 577 g/mol. The number of aryl methyl sites for hydroxylation is 1. The summed E-state index contributed by atoms with van der Waals surface area (Å²) in [6.07, 6.45) is 4.38. The van der Waals surface area contributed by atoms with Gasteiger partial charge in [0.2, 0.25) is 11.8 Å². The van der Waals surface area contributed by atoms with Gasteiger partial charge in [-0.15, -0.1) is 0 Å². The van der Waals surface area contributed by atoms with Gasteiger partial charge in [-0.1, -0.05) is 73.9 Å². The number of sulfonamides is 1. The minimum absolute atomic E-state index is 0.0688. The second-order valence-electron chi connectivity index (χ2n) is 10.4. The maximum Gasteiger partial charge on any atom is 0.264 e. The van der Waals surface area contributed by atoms with Crippen LogP contribution in [0.3, 0.4) is 0 Å².